The Hall–Kier alpha value is -2.36. The summed E-state index contributed by atoms with van der Waals surface area (Å²) in [5, 5.41) is 22.9. The van der Waals surface area contributed by atoms with Gasteiger partial charge in [-0.1, -0.05) is 0 Å². The first-order valence-corrected chi connectivity index (χ1v) is 10.0. The summed E-state index contributed by atoms with van der Waals surface area (Å²) in [6.07, 6.45) is -0.318. The van der Waals surface area contributed by atoms with Crippen molar-refractivity contribution in [2.75, 3.05) is 45.2 Å². The normalized spacial score (nSPS) is 22.9. The van der Waals surface area contributed by atoms with Crippen LogP contribution in [0.4, 0.5) is 5.82 Å². The summed E-state index contributed by atoms with van der Waals surface area (Å²) in [5.74, 6) is 1.87. The molecule has 3 heterocycles. The van der Waals surface area contributed by atoms with Gasteiger partial charge < -0.3 is 24.6 Å². The van der Waals surface area contributed by atoms with Gasteiger partial charge in [-0.15, -0.1) is 0 Å². The fraction of sp³-hybridized carbons (Fsp3) is 0.600. The van der Waals surface area contributed by atoms with E-state index in [1.165, 1.54) is 0 Å². The van der Waals surface area contributed by atoms with E-state index in [0.29, 0.717) is 23.6 Å². The van der Waals surface area contributed by atoms with Crippen LogP contribution < -0.4 is 20.4 Å². The minimum atomic E-state index is -0.634. The van der Waals surface area contributed by atoms with Gasteiger partial charge in [0.2, 0.25) is 5.62 Å². The van der Waals surface area contributed by atoms with Crippen LogP contribution in [0.5, 0.6) is 11.5 Å². The molecule has 1 fully saturated rings. The van der Waals surface area contributed by atoms with Crippen LogP contribution in [0.2, 0.25) is 0 Å². The number of hydrogen-bond acceptors (Lipinski definition) is 8. The second-order valence-electron chi connectivity index (χ2n) is 7.80. The number of morpholine rings is 1. The van der Waals surface area contributed by atoms with Gasteiger partial charge in [0.1, 0.15) is 24.0 Å². The molecule has 158 valence electrons. The number of aliphatic hydroxyl groups excluding tert-OH is 1. The molecule has 0 unspecified atom stereocenters. The lowest BCUT2D eigenvalue weighted by Gasteiger charge is -2.36. The Morgan fingerprint density at radius 3 is 2.83 bits per heavy atom. The summed E-state index contributed by atoms with van der Waals surface area (Å²) in [5.41, 5.74) is 0.768. The van der Waals surface area contributed by atoms with E-state index < -0.39 is 6.10 Å². The number of β-amino-alcohol motifs (C(OH)–C–C–N with tert-alkyl or cyclic N) is 1. The van der Waals surface area contributed by atoms with Crippen molar-refractivity contribution >= 4 is 16.7 Å². The van der Waals surface area contributed by atoms with Crippen LogP contribution in [-0.4, -0.2) is 77.8 Å². The van der Waals surface area contributed by atoms with Crippen molar-refractivity contribution in [3.05, 3.63) is 17.8 Å². The van der Waals surface area contributed by atoms with E-state index in [4.69, 9.17) is 19.6 Å². The summed E-state index contributed by atoms with van der Waals surface area (Å²) < 4.78 is 19.0. The first-order valence-electron chi connectivity index (χ1n) is 10.0. The zero-order chi connectivity index (χ0) is 20.5. The molecule has 3 N–H and O–H groups in total. The van der Waals surface area contributed by atoms with Crippen LogP contribution in [0.25, 0.3) is 10.9 Å². The van der Waals surface area contributed by atoms with E-state index >= 15 is 0 Å². The maximum atomic E-state index is 10.5. The van der Waals surface area contributed by atoms with Gasteiger partial charge in [-0.2, -0.15) is 0 Å². The molecule has 0 amide bonds. The summed E-state index contributed by atoms with van der Waals surface area (Å²) in [6.45, 7) is 7.86. The van der Waals surface area contributed by atoms with Crippen LogP contribution in [0.1, 0.15) is 13.8 Å². The molecule has 2 aliphatic heterocycles. The van der Waals surface area contributed by atoms with Crippen molar-refractivity contribution in [3.8, 4) is 11.5 Å². The standard InChI is InChI=1S/C20H29N5O4/c1-12-8-24(9-13(2)29-12)10-14(26)11-28-16-5-4-15-17(18(16)27-3)23-20(21)25-7-6-22-19(15)25/h4-5,12-14,21-22,26H,6-11H2,1-3H3/t12-,13+,14-/m0/s1. The van der Waals surface area contributed by atoms with E-state index in [0.717, 1.165) is 37.4 Å². The predicted octanol–water partition coefficient (Wildman–Crippen LogP) is 0.799. The maximum absolute atomic E-state index is 10.5. The Morgan fingerprint density at radius 2 is 2.10 bits per heavy atom. The fourth-order valence-corrected chi connectivity index (χ4v) is 4.25. The van der Waals surface area contributed by atoms with Gasteiger partial charge in [-0.25, -0.2) is 4.98 Å². The largest absolute Gasteiger partial charge is 0.491 e. The SMILES string of the molecule is COc1c(OC[C@@H](O)CN2C[C@@H](C)O[C@@H](C)C2)ccc2c3n(c(=N)nc12)CCN3. The van der Waals surface area contributed by atoms with Gasteiger partial charge in [0.25, 0.3) is 0 Å². The van der Waals surface area contributed by atoms with Crippen molar-refractivity contribution < 1.29 is 19.3 Å². The number of benzene rings is 1. The Morgan fingerprint density at radius 1 is 1.34 bits per heavy atom. The molecule has 2 aromatic rings. The number of anilines is 1. The van der Waals surface area contributed by atoms with E-state index in [2.05, 4.69) is 15.2 Å². The predicted molar refractivity (Wildman–Crippen MR) is 109 cm³/mol. The van der Waals surface area contributed by atoms with Crippen LogP contribution >= 0.6 is 0 Å². The summed E-state index contributed by atoms with van der Waals surface area (Å²) in [4.78, 5) is 6.62. The van der Waals surface area contributed by atoms with Crippen molar-refractivity contribution in [3.63, 3.8) is 0 Å². The third kappa shape index (κ3) is 4.03. The molecule has 0 saturated carbocycles. The van der Waals surface area contributed by atoms with E-state index in [-0.39, 0.29) is 24.4 Å². The van der Waals surface area contributed by atoms with E-state index in [9.17, 15) is 5.11 Å². The molecule has 4 rings (SSSR count). The van der Waals surface area contributed by atoms with Crippen LogP contribution in [0, 0.1) is 5.41 Å². The third-order valence-electron chi connectivity index (χ3n) is 5.32. The molecule has 1 saturated heterocycles. The zero-order valence-electron chi connectivity index (χ0n) is 17.1. The molecule has 0 bridgehead atoms. The van der Waals surface area contributed by atoms with Crippen molar-refractivity contribution in [1.82, 2.24) is 14.5 Å². The van der Waals surface area contributed by atoms with Gasteiger partial charge >= 0.3 is 0 Å². The van der Waals surface area contributed by atoms with Crippen molar-refractivity contribution in [1.29, 1.82) is 5.41 Å². The number of aromatic nitrogens is 2. The van der Waals surface area contributed by atoms with Crippen molar-refractivity contribution in [2.24, 2.45) is 0 Å². The molecule has 1 aromatic heterocycles. The molecule has 9 heteroatoms. The molecular weight excluding hydrogens is 374 g/mol. The van der Waals surface area contributed by atoms with Crippen LogP contribution in [0.15, 0.2) is 12.1 Å². The zero-order valence-corrected chi connectivity index (χ0v) is 17.1. The van der Waals surface area contributed by atoms with Crippen LogP contribution in [0.3, 0.4) is 0 Å². The quantitative estimate of drug-likeness (QED) is 0.655. The molecule has 2 aliphatic rings. The highest BCUT2D eigenvalue weighted by molar-refractivity contribution is 5.95. The van der Waals surface area contributed by atoms with Gasteiger partial charge in [0, 0.05) is 38.1 Å². The highest BCUT2D eigenvalue weighted by Crippen LogP contribution is 2.37. The number of ether oxygens (including phenoxy) is 3. The lowest BCUT2D eigenvalue weighted by Crippen LogP contribution is -2.48. The topological polar surface area (TPSA) is 105 Å². The minimum absolute atomic E-state index is 0.146. The molecule has 0 radical (unpaired) electrons. The molecule has 0 aliphatic carbocycles. The van der Waals surface area contributed by atoms with Gasteiger partial charge in [0.05, 0.1) is 19.3 Å². The highest BCUT2D eigenvalue weighted by Gasteiger charge is 2.25. The first kappa shape index (κ1) is 19.9. The number of hydrogen-bond donors (Lipinski definition) is 3. The number of nitrogens with one attached hydrogen (secondary N) is 2. The molecule has 0 spiro atoms. The second-order valence-corrected chi connectivity index (χ2v) is 7.80. The van der Waals surface area contributed by atoms with Gasteiger partial charge in [0.15, 0.2) is 11.5 Å². The van der Waals surface area contributed by atoms with Gasteiger partial charge in [-0.3, -0.25) is 14.9 Å². The Balaban J connectivity index is 1.49. The average molecular weight is 403 g/mol. The molecule has 9 nitrogen and oxygen atoms in total. The number of aliphatic hydroxyl groups is 1. The molecule has 3 atom stereocenters. The molecule has 29 heavy (non-hydrogen) atoms. The Labute approximate surface area is 169 Å². The second kappa shape index (κ2) is 8.17. The Kier molecular flexibility index (Phi) is 5.62. The number of fused-ring (bicyclic) bond motifs is 3. The number of methoxy groups -OCH3 is 1. The molecular formula is C20H29N5O4. The monoisotopic (exact) mass is 403 g/mol. The Bertz CT molecular complexity index is 937. The fourth-order valence-electron chi connectivity index (χ4n) is 4.25. The third-order valence-corrected chi connectivity index (χ3v) is 5.32. The smallest absolute Gasteiger partial charge is 0.224 e. The molecule has 1 aromatic carbocycles. The van der Waals surface area contributed by atoms with Crippen LogP contribution in [-0.2, 0) is 11.3 Å². The lowest BCUT2D eigenvalue weighted by atomic mass is 10.2. The number of nitrogens with zero attached hydrogens (tertiary/aromatic N) is 3. The lowest BCUT2D eigenvalue weighted by molar-refractivity contribution is -0.0787. The maximum Gasteiger partial charge on any atom is 0.224 e. The van der Waals surface area contributed by atoms with E-state index in [1.807, 2.05) is 30.5 Å². The van der Waals surface area contributed by atoms with Gasteiger partial charge in [-0.05, 0) is 26.0 Å². The average Bonchev–Trinajstić information content (AvgIpc) is 3.16. The summed E-state index contributed by atoms with van der Waals surface area (Å²) in [6, 6.07) is 3.75. The summed E-state index contributed by atoms with van der Waals surface area (Å²) in [7, 11) is 1.56. The summed E-state index contributed by atoms with van der Waals surface area (Å²) >= 11 is 0. The number of rotatable bonds is 6. The van der Waals surface area contributed by atoms with Crippen molar-refractivity contribution in [2.45, 2.75) is 38.7 Å². The van der Waals surface area contributed by atoms with E-state index in [1.54, 1.807) is 7.11 Å². The highest BCUT2D eigenvalue weighted by atomic mass is 16.5. The minimum Gasteiger partial charge on any atom is -0.491 e. The first-order chi connectivity index (χ1) is 14.0.